The molecule has 2 nitrogen and oxygen atoms in total. The van der Waals surface area contributed by atoms with Crippen LogP contribution in [0.4, 0.5) is 0 Å². The molecule has 0 N–H and O–H groups in total. The Morgan fingerprint density at radius 3 is 2.93 bits per heavy atom. The molecular formula is C11H10BrIN2. The molecule has 1 aromatic carbocycles. The molecule has 0 fully saturated rings. The Morgan fingerprint density at radius 1 is 1.47 bits per heavy atom. The van der Waals surface area contributed by atoms with Crippen LogP contribution in [-0.4, -0.2) is 9.55 Å². The van der Waals surface area contributed by atoms with Gasteiger partial charge in [0.1, 0.15) is 0 Å². The zero-order valence-corrected chi connectivity index (χ0v) is 12.0. The Kier molecular flexibility index (Phi) is 3.45. The maximum Gasteiger partial charge on any atom is 0.0995 e. The van der Waals surface area contributed by atoms with Crippen molar-refractivity contribution in [3.63, 3.8) is 0 Å². The second-order valence-electron chi connectivity index (χ2n) is 3.34. The van der Waals surface area contributed by atoms with Crippen LogP contribution in [0.3, 0.4) is 0 Å². The van der Waals surface area contributed by atoms with Crippen molar-refractivity contribution in [3.8, 4) is 5.69 Å². The van der Waals surface area contributed by atoms with Gasteiger partial charge in [0.15, 0.2) is 0 Å². The fourth-order valence-electron chi connectivity index (χ4n) is 1.43. The minimum Gasteiger partial charge on any atom is -0.306 e. The summed E-state index contributed by atoms with van der Waals surface area (Å²) in [4.78, 5) is 4.30. The van der Waals surface area contributed by atoms with E-state index in [0.717, 1.165) is 11.0 Å². The van der Waals surface area contributed by atoms with Gasteiger partial charge in [-0.05, 0) is 47.2 Å². The minimum atomic E-state index is 0.795. The van der Waals surface area contributed by atoms with Crippen LogP contribution in [-0.2, 0) is 5.33 Å². The van der Waals surface area contributed by atoms with Crippen LogP contribution in [0.25, 0.3) is 5.69 Å². The van der Waals surface area contributed by atoms with Crippen molar-refractivity contribution in [2.24, 2.45) is 0 Å². The summed E-state index contributed by atoms with van der Waals surface area (Å²) in [6.45, 7) is 2.11. The van der Waals surface area contributed by atoms with Crippen molar-refractivity contribution in [2.45, 2.75) is 12.3 Å². The third-order valence-corrected chi connectivity index (χ3v) is 3.47. The molecule has 0 spiro atoms. The van der Waals surface area contributed by atoms with E-state index in [2.05, 4.69) is 73.2 Å². The van der Waals surface area contributed by atoms with E-state index in [1.165, 1.54) is 14.8 Å². The fourth-order valence-corrected chi connectivity index (χ4v) is 2.19. The zero-order chi connectivity index (χ0) is 10.8. The summed E-state index contributed by atoms with van der Waals surface area (Å²) < 4.78 is 3.30. The van der Waals surface area contributed by atoms with E-state index >= 15 is 0 Å². The molecule has 4 heteroatoms. The van der Waals surface area contributed by atoms with E-state index in [1.54, 1.807) is 0 Å². The first kappa shape index (κ1) is 11.1. The molecule has 78 valence electrons. The summed E-state index contributed by atoms with van der Waals surface area (Å²) in [7, 11) is 0. The van der Waals surface area contributed by atoms with Gasteiger partial charge in [-0.15, -0.1) is 0 Å². The molecule has 15 heavy (non-hydrogen) atoms. The molecular weight excluding hydrogens is 367 g/mol. The van der Waals surface area contributed by atoms with E-state index in [0.29, 0.717) is 0 Å². The molecule has 2 aromatic rings. The van der Waals surface area contributed by atoms with Gasteiger partial charge in [0.05, 0.1) is 17.7 Å². The van der Waals surface area contributed by atoms with E-state index in [9.17, 15) is 0 Å². The Hall–Kier alpha value is -0.360. The average molecular weight is 377 g/mol. The summed E-state index contributed by atoms with van der Waals surface area (Å²) in [6.07, 6.45) is 3.90. The van der Waals surface area contributed by atoms with Gasteiger partial charge < -0.3 is 4.57 Å². The van der Waals surface area contributed by atoms with Crippen LogP contribution in [0.1, 0.15) is 11.3 Å². The SMILES string of the molecule is Cc1ccc(I)cc1-n1cnc(CBr)c1. The Morgan fingerprint density at radius 2 is 2.27 bits per heavy atom. The van der Waals surface area contributed by atoms with Crippen LogP contribution in [0.2, 0.25) is 0 Å². The van der Waals surface area contributed by atoms with Crippen molar-refractivity contribution in [1.29, 1.82) is 0 Å². The third-order valence-electron chi connectivity index (χ3n) is 2.22. The molecule has 0 aliphatic heterocycles. The smallest absolute Gasteiger partial charge is 0.0995 e. The van der Waals surface area contributed by atoms with Gasteiger partial charge in [0.25, 0.3) is 0 Å². The van der Waals surface area contributed by atoms with Gasteiger partial charge in [-0.2, -0.15) is 0 Å². The van der Waals surface area contributed by atoms with Crippen LogP contribution >= 0.6 is 38.5 Å². The number of benzene rings is 1. The molecule has 0 unspecified atom stereocenters. The molecule has 0 atom stereocenters. The highest BCUT2D eigenvalue weighted by Crippen LogP contribution is 2.18. The molecule has 0 saturated heterocycles. The Labute approximate surface area is 111 Å². The fraction of sp³-hybridized carbons (Fsp3) is 0.182. The van der Waals surface area contributed by atoms with E-state index in [1.807, 2.05) is 12.5 Å². The van der Waals surface area contributed by atoms with Gasteiger partial charge in [-0.1, -0.05) is 22.0 Å². The number of aromatic nitrogens is 2. The largest absolute Gasteiger partial charge is 0.306 e. The summed E-state index contributed by atoms with van der Waals surface area (Å²) in [6, 6.07) is 6.40. The lowest BCUT2D eigenvalue weighted by atomic mass is 10.2. The van der Waals surface area contributed by atoms with Gasteiger partial charge in [0.2, 0.25) is 0 Å². The van der Waals surface area contributed by atoms with Crippen molar-refractivity contribution in [3.05, 3.63) is 45.6 Å². The maximum atomic E-state index is 4.30. The molecule has 0 aliphatic rings. The van der Waals surface area contributed by atoms with E-state index in [4.69, 9.17) is 0 Å². The highest BCUT2D eigenvalue weighted by molar-refractivity contribution is 14.1. The number of hydrogen-bond acceptors (Lipinski definition) is 1. The summed E-state index contributed by atoms with van der Waals surface area (Å²) in [5.41, 5.74) is 3.50. The normalized spacial score (nSPS) is 10.6. The molecule has 1 heterocycles. The van der Waals surface area contributed by atoms with Crippen LogP contribution < -0.4 is 0 Å². The number of imidazole rings is 1. The van der Waals surface area contributed by atoms with Gasteiger partial charge in [0, 0.05) is 15.1 Å². The van der Waals surface area contributed by atoms with E-state index < -0.39 is 0 Å². The second-order valence-corrected chi connectivity index (χ2v) is 5.14. The predicted molar refractivity (Wildman–Crippen MR) is 73.6 cm³/mol. The van der Waals surface area contributed by atoms with Gasteiger partial charge in [-0.25, -0.2) is 4.98 Å². The van der Waals surface area contributed by atoms with E-state index in [-0.39, 0.29) is 0 Å². The maximum absolute atomic E-state index is 4.30. The highest BCUT2D eigenvalue weighted by Gasteiger charge is 2.03. The standard InChI is InChI=1S/C11H10BrIN2/c1-8-2-3-9(13)4-11(8)15-6-10(5-12)14-7-15/h2-4,6-7H,5H2,1H3. The first-order chi connectivity index (χ1) is 7.20. The first-order valence-electron chi connectivity index (χ1n) is 4.56. The van der Waals surface area contributed by atoms with Crippen molar-refractivity contribution in [2.75, 3.05) is 0 Å². The number of halogens is 2. The highest BCUT2D eigenvalue weighted by atomic mass is 127. The van der Waals surface area contributed by atoms with Crippen molar-refractivity contribution in [1.82, 2.24) is 9.55 Å². The Bertz CT molecular complexity index is 479. The summed E-state index contributed by atoms with van der Waals surface area (Å²) >= 11 is 5.72. The predicted octanol–water partition coefficient (Wildman–Crippen LogP) is 3.68. The van der Waals surface area contributed by atoms with Gasteiger partial charge >= 0.3 is 0 Å². The monoisotopic (exact) mass is 376 g/mol. The molecule has 0 amide bonds. The topological polar surface area (TPSA) is 17.8 Å². The average Bonchev–Trinajstić information content (AvgIpc) is 2.70. The number of nitrogens with zero attached hydrogens (tertiary/aromatic N) is 2. The zero-order valence-electron chi connectivity index (χ0n) is 8.24. The number of rotatable bonds is 2. The van der Waals surface area contributed by atoms with Crippen LogP contribution in [0.5, 0.6) is 0 Å². The number of alkyl halides is 1. The lowest BCUT2D eigenvalue weighted by Crippen LogP contribution is -1.94. The molecule has 2 rings (SSSR count). The van der Waals surface area contributed by atoms with Crippen molar-refractivity contribution >= 4 is 38.5 Å². The third kappa shape index (κ3) is 2.42. The number of hydrogen-bond donors (Lipinski definition) is 0. The lowest BCUT2D eigenvalue weighted by molar-refractivity contribution is 1.04. The summed E-state index contributed by atoms with van der Waals surface area (Å²) in [5, 5.41) is 0.795. The molecule has 0 aliphatic carbocycles. The quantitative estimate of drug-likeness (QED) is 0.577. The molecule has 0 radical (unpaired) electrons. The second kappa shape index (κ2) is 4.65. The summed E-state index contributed by atoms with van der Waals surface area (Å²) in [5.74, 6) is 0. The molecule has 0 saturated carbocycles. The van der Waals surface area contributed by atoms with Crippen LogP contribution in [0, 0.1) is 10.5 Å². The minimum absolute atomic E-state index is 0.795. The number of aryl methyl sites for hydroxylation is 1. The lowest BCUT2D eigenvalue weighted by Gasteiger charge is -2.06. The van der Waals surface area contributed by atoms with Gasteiger partial charge in [-0.3, -0.25) is 0 Å². The first-order valence-corrected chi connectivity index (χ1v) is 6.76. The Balaban J connectivity index is 2.48. The van der Waals surface area contributed by atoms with Crippen molar-refractivity contribution < 1.29 is 0 Å². The molecule has 1 aromatic heterocycles. The van der Waals surface area contributed by atoms with Crippen LogP contribution in [0.15, 0.2) is 30.7 Å². The molecule has 0 bridgehead atoms.